The van der Waals surface area contributed by atoms with Crippen LogP contribution >= 0.6 is 23.2 Å². The van der Waals surface area contributed by atoms with E-state index in [0.29, 0.717) is 15.7 Å². The SMILES string of the molecule is CC(C)(c1cc(Cl)cc(Cl)c1)N(C(N)=O)c1ccccc1. The highest BCUT2D eigenvalue weighted by Crippen LogP contribution is 2.35. The Morgan fingerprint density at radius 2 is 1.57 bits per heavy atom. The van der Waals surface area contributed by atoms with Crippen molar-refractivity contribution in [2.45, 2.75) is 19.4 Å². The quantitative estimate of drug-likeness (QED) is 0.865. The maximum atomic E-state index is 12.0. The average Bonchev–Trinajstić information content (AvgIpc) is 2.38. The molecular formula is C16H16Cl2N2O. The Balaban J connectivity index is 2.55. The number of urea groups is 1. The van der Waals surface area contributed by atoms with Crippen LogP contribution in [0.15, 0.2) is 48.5 Å². The maximum absolute atomic E-state index is 12.0. The zero-order chi connectivity index (χ0) is 15.6. The highest BCUT2D eigenvalue weighted by molar-refractivity contribution is 6.34. The summed E-state index contributed by atoms with van der Waals surface area (Å²) in [7, 11) is 0. The summed E-state index contributed by atoms with van der Waals surface area (Å²) in [6.07, 6.45) is 0. The van der Waals surface area contributed by atoms with Crippen LogP contribution < -0.4 is 10.6 Å². The molecule has 0 aliphatic heterocycles. The van der Waals surface area contributed by atoms with Crippen molar-refractivity contribution in [2.24, 2.45) is 5.73 Å². The van der Waals surface area contributed by atoms with E-state index in [-0.39, 0.29) is 0 Å². The molecule has 21 heavy (non-hydrogen) atoms. The van der Waals surface area contributed by atoms with Gasteiger partial charge in [-0.1, -0.05) is 41.4 Å². The Kier molecular flexibility index (Phi) is 4.45. The van der Waals surface area contributed by atoms with Crippen molar-refractivity contribution in [1.82, 2.24) is 0 Å². The molecule has 0 saturated carbocycles. The van der Waals surface area contributed by atoms with Crippen LogP contribution in [0.1, 0.15) is 19.4 Å². The number of hydrogen-bond donors (Lipinski definition) is 1. The van der Waals surface area contributed by atoms with Gasteiger partial charge in [0.05, 0.1) is 5.54 Å². The minimum atomic E-state index is -0.693. The first kappa shape index (κ1) is 15.7. The molecule has 0 atom stereocenters. The largest absolute Gasteiger partial charge is 0.351 e. The van der Waals surface area contributed by atoms with E-state index in [1.165, 1.54) is 4.90 Å². The Hall–Kier alpha value is -1.71. The molecule has 2 rings (SSSR count). The predicted octanol–water partition coefficient (Wildman–Crippen LogP) is 4.81. The van der Waals surface area contributed by atoms with Crippen LogP contribution in [0.3, 0.4) is 0 Å². The van der Waals surface area contributed by atoms with E-state index in [1.807, 2.05) is 44.2 Å². The highest BCUT2D eigenvalue weighted by Gasteiger charge is 2.33. The number of carbonyl (C=O) groups is 1. The van der Waals surface area contributed by atoms with Gasteiger partial charge in [0.25, 0.3) is 0 Å². The van der Waals surface area contributed by atoms with E-state index in [0.717, 1.165) is 5.56 Å². The molecule has 0 saturated heterocycles. The van der Waals surface area contributed by atoms with Gasteiger partial charge in [0, 0.05) is 15.7 Å². The van der Waals surface area contributed by atoms with Crippen LogP contribution in [-0.2, 0) is 5.54 Å². The summed E-state index contributed by atoms with van der Waals surface area (Å²) in [5.74, 6) is 0. The van der Waals surface area contributed by atoms with Crippen molar-refractivity contribution in [3.63, 3.8) is 0 Å². The summed E-state index contributed by atoms with van der Waals surface area (Å²) in [6.45, 7) is 3.79. The molecule has 2 aromatic carbocycles. The fourth-order valence-electron chi connectivity index (χ4n) is 2.34. The molecule has 2 aromatic rings. The number of carbonyl (C=O) groups excluding carboxylic acids is 1. The summed E-state index contributed by atoms with van der Waals surface area (Å²) < 4.78 is 0. The van der Waals surface area contributed by atoms with Crippen molar-refractivity contribution in [3.8, 4) is 0 Å². The number of benzene rings is 2. The van der Waals surface area contributed by atoms with E-state index >= 15 is 0 Å². The average molecular weight is 323 g/mol. The van der Waals surface area contributed by atoms with Crippen LogP contribution in [0.25, 0.3) is 0 Å². The molecule has 5 heteroatoms. The van der Waals surface area contributed by atoms with Crippen molar-refractivity contribution in [3.05, 3.63) is 64.1 Å². The fraction of sp³-hybridized carbons (Fsp3) is 0.188. The molecular weight excluding hydrogens is 307 g/mol. The number of halogens is 2. The van der Waals surface area contributed by atoms with Crippen LogP contribution in [0.5, 0.6) is 0 Å². The molecule has 0 radical (unpaired) electrons. The second-order valence-electron chi connectivity index (χ2n) is 5.23. The number of nitrogens with zero attached hydrogens (tertiary/aromatic N) is 1. The van der Waals surface area contributed by atoms with Crippen molar-refractivity contribution in [1.29, 1.82) is 0 Å². The third-order valence-corrected chi connectivity index (χ3v) is 3.80. The van der Waals surface area contributed by atoms with Gasteiger partial charge in [0.2, 0.25) is 0 Å². The minimum Gasteiger partial charge on any atom is -0.351 e. The first-order chi connectivity index (χ1) is 9.82. The Labute approximate surface area is 134 Å². The predicted molar refractivity (Wildman–Crippen MR) is 88.0 cm³/mol. The second kappa shape index (κ2) is 5.96. The Morgan fingerprint density at radius 3 is 2.05 bits per heavy atom. The second-order valence-corrected chi connectivity index (χ2v) is 6.10. The number of para-hydroxylation sites is 1. The number of hydrogen-bond acceptors (Lipinski definition) is 1. The molecule has 0 aliphatic carbocycles. The number of rotatable bonds is 3. The van der Waals surface area contributed by atoms with Gasteiger partial charge >= 0.3 is 6.03 Å². The summed E-state index contributed by atoms with van der Waals surface area (Å²) in [5.41, 5.74) is 6.42. The molecule has 2 amide bonds. The van der Waals surface area contributed by atoms with Gasteiger partial charge in [0.1, 0.15) is 0 Å². The lowest BCUT2D eigenvalue weighted by Gasteiger charge is -2.38. The van der Waals surface area contributed by atoms with Gasteiger partial charge < -0.3 is 5.73 Å². The van der Waals surface area contributed by atoms with Crippen molar-refractivity contribution < 1.29 is 4.79 Å². The molecule has 0 spiro atoms. The van der Waals surface area contributed by atoms with Crippen molar-refractivity contribution >= 4 is 34.9 Å². The molecule has 0 unspecified atom stereocenters. The number of anilines is 1. The molecule has 0 heterocycles. The molecule has 0 aromatic heterocycles. The van der Waals surface area contributed by atoms with Crippen LogP contribution in [0, 0.1) is 0 Å². The number of nitrogens with two attached hydrogens (primary N) is 1. The van der Waals surface area contributed by atoms with E-state index in [4.69, 9.17) is 28.9 Å². The monoisotopic (exact) mass is 322 g/mol. The standard InChI is InChI=1S/C16H16Cl2N2O/c1-16(2,11-8-12(17)10-13(18)9-11)20(15(19)21)14-6-4-3-5-7-14/h3-10H,1-2H3,(H2,19,21). The lowest BCUT2D eigenvalue weighted by Crippen LogP contribution is -2.48. The van der Waals surface area contributed by atoms with E-state index in [2.05, 4.69) is 0 Å². The zero-order valence-electron chi connectivity index (χ0n) is 11.8. The molecule has 0 bridgehead atoms. The smallest absolute Gasteiger partial charge is 0.320 e. The number of primary amides is 1. The zero-order valence-corrected chi connectivity index (χ0v) is 13.3. The summed E-state index contributed by atoms with van der Waals surface area (Å²) in [5, 5.41) is 1.03. The molecule has 0 fully saturated rings. The van der Waals surface area contributed by atoms with Gasteiger partial charge in [-0.3, -0.25) is 4.90 Å². The van der Waals surface area contributed by atoms with Crippen LogP contribution in [0.4, 0.5) is 10.5 Å². The van der Waals surface area contributed by atoms with Crippen LogP contribution in [0.2, 0.25) is 10.0 Å². The van der Waals surface area contributed by atoms with Gasteiger partial charge in [-0.05, 0) is 49.7 Å². The van der Waals surface area contributed by atoms with E-state index in [1.54, 1.807) is 18.2 Å². The topological polar surface area (TPSA) is 46.3 Å². The maximum Gasteiger partial charge on any atom is 0.320 e. The van der Waals surface area contributed by atoms with Gasteiger partial charge in [-0.25, -0.2) is 4.79 Å². The fourth-order valence-corrected chi connectivity index (χ4v) is 2.86. The Morgan fingerprint density at radius 1 is 1.05 bits per heavy atom. The van der Waals surface area contributed by atoms with Gasteiger partial charge in [-0.2, -0.15) is 0 Å². The third-order valence-electron chi connectivity index (χ3n) is 3.36. The molecule has 110 valence electrons. The van der Waals surface area contributed by atoms with Crippen molar-refractivity contribution in [2.75, 3.05) is 4.90 Å². The first-order valence-electron chi connectivity index (χ1n) is 6.43. The molecule has 0 aliphatic rings. The normalized spacial score (nSPS) is 11.2. The molecule has 3 nitrogen and oxygen atoms in total. The number of amides is 2. The Bertz CT molecular complexity index is 636. The van der Waals surface area contributed by atoms with Crippen LogP contribution in [-0.4, -0.2) is 6.03 Å². The van der Waals surface area contributed by atoms with Gasteiger partial charge in [0.15, 0.2) is 0 Å². The minimum absolute atomic E-state index is 0.517. The lowest BCUT2D eigenvalue weighted by atomic mass is 9.91. The third kappa shape index (κ3) is 3.31. The molecule has 2 N–H and O–H groups in total. The van der Waals surface area contributed by atoms with E-state index in [9.17, 15) is 4.79 Å². The van der Waals surface area contributed by atoms with Gasteiger partial charge in [-0.15, -0.1) is 0 Å². The first-order valence-corrected chi connectivity index (χ1v) is 7.19. The van der Waals surface area contributed by atoms with E-state index < -0.39 is 11.6 Å². The summed E-state index contributed by atoms with van der Waals surface area (Å²) >= 11 is 12.1. The summed E-state index contributed by atoms with van der Waals surface area (Å²) in [6, 6.07) is 13.9. The highest BCUT2D eigenvalue weighted by atomic mass is 35.5. The summed E-state index contributed by atoms with van der Waals surface area (Å²) in [4.78, 5) is 13.5. The lowest BCUT2D eigenvalue weighted by molar-refractivity contribution is 0.248.